The summed E-state index contributed by atoms with van der Waals surface area (Å²) in [6.07, 6.45) is 3.51. The van der Waals surface area contributed by atoms with Crippen LogP contribution in [-0.2, 0) is 9.59 Å². The molecule has 1 aliphatic rings. The minimum Gasteiger partial charge on any atom is -0.478 e. The normalized spacial score (nSPS) is 18.6. The summed E-state index contributed by atoms with van der Waals surface area (Å²) in [5, 5.41) is 11.5. The lowest BCUT2D eigenvalue weighted by Crippen LogP contribution is -2.22. The molecule has 5 heteroatoms. The zero-order chi connectivity index (χ0) is 13.7. The van der Waals surface area contributed by atoms with Crippen LogP contribution in [0.15, 0.2) is 30.3 Å². The minimum absolute atomic E-state index is 0.0457. The van der Waals surface area contributed by atoms with Crippen LogP contribution >= 0.6 is 11.8 Å². The molecule has 0 spiro atoms. The largest absolute Gasteiger partial charge is 0.478 e. The van der Waals surface area contributed by atoms with Gasteiger partial charge < -0.3 is 10.4 Å². The Kier molecular flexibility index (Phi) is 4.63. The average Bonchev–Trinajstić information content (AvgIpc) is 2.91. The van der Waals surface area contributed by atoms with Gasteiger partial charge in [-0.1, -0.05) is 12.1 Å². The molecule has 1 aromatic rings. The molecule has 4 nitrogen and oxygen atoms in total. The molecule has 0 radical (unpaired) electrons. The van der Waals surface area contributed by atoms with E-state index in [0.717, 1.165) is 29.6 Å². The van der Waals surface area contributed by atoms with Crippen LogP contribution in [0.5, 0.6) is 0 Å². The third-order valence-corrected chi connectivity index (χ3v) is 4.04. The van der Waals surface area contributed by atoms with Crippen molar-refractivity contribution in [1.82, 2.24) is 0 Å². The molecule has 19 heavy (non-hydrogen) atoms. The lowest BCUT2D eigenvalue weighted by molar-refractivity contribution is -0.131. The van der Waals surface area contributed by atoms with E-state index in [-0.39, 0.29) is 11.8 Å². The van der Waals surface area contributed by atoms with Crippen molar-refractivity contribution in [2.24, 2.45) is 5.92 Å². The first kappa shape index (κ1) is 13.7. The summed E-state index contributed by atoms with van der Waals surface area (Å²) in [6.45, 7) is 0. The number of anilines is 1. The number of rotatable bonds is 4. The number of nitrogens with one attached hydrogen (secondary N) is 1. The quantitative estimate of drug-likeness (QED) is 0.830. The molecule has 1 aromatic carbocycles. The van der Waals surface area contributed by atoms with Gasteiger partial charge in [-0.15, -0.1) is 0 Å². The number of carboxylic acids is 1. The molecule has 100 valence electrons. The zero-order valence-corrected chi connectivity index (χ0v) is 11.2. The van der Waals surface area contributed by atoms with Gasteiger partial charge in [0.1, 0.15) is 0 Å². The lowest BCUT2D eigenvalue weighted by atomic mass is 10.1. The Morgan fingerprint density at radius 2 is 2.26 bits per heavy atom. The van der Waals surface area contributed by atoms with Crippen molar-refractivity contribution in [3.8, 4) is 0 Å². The summed E-state index contributed by atoms with van der Waals surface area (Å²) in [5.41, 5.74) is 1.45. The summed E-state index contributed by atoms with van der Waals surface area (Å²) in [4.78, 5) is 22.4. The monoisotopic (exact) mass is 277 g/mol. The summed E-state index contributed by atoms with van der Waals surface area (Å²) in [5.74, 6) is 1.06. The number of carbonyl (C=O) groups is 2. The van der Waals surface area contributed by atoms with Gasteiger partial charge in [0.25, 0.3) is 0 Å². The number of aliphatic carboxylic acids is 1. The maximum atomic E-state index is 12.0. The van der Waals surface area contributed by atoms with Crippen LogP contribution in [-0.4, -0.2) is 28.5 Å². The Hall–Kier alpha value is -1.75. The SMILES string of the molecule is O=C(O)/C=C/c1cccc(NC(=O)C2CCSC2)c1. The predicted molar refractivity (Wildman–Crippen MR) is 77.2 cm³/mol. The van der Waals surface area contributed by atoms with Crippen molar-refractivity contribution in [2.45, 2.75) is 6.42 Å². The first-order valence-corrected chi connectivity index (χ1v) is 7.20. The fourth-order valence-electron chi connectivity index (χ4n) is 1.87. The van der Waals surface area contributed by atoms with Crippen LogP contribution in [0, 0.1) is 5.92 Å². The highest BCUT2D eigenvalue weighted by molar-refractivity contribution is 7.99. The highest BCUT2D eigenvalue weighted by atomic mass is 32.2. The molecule has 1 fully saturated rings. The molecular formula is C14H15NO3S. The van der Waals surface area contributed by atoms with E-state index in [1.165, 1.54) is 6.08 Å². The predicted octanol–water partition coefficient (Wildman–Crippen LogP) is 2.48. The minimum atomic E-state index is -0.989. The Morgan fingerprint density at radius 3 is 2.95 bits per heavy atom. The van der Waals surface area contributed by atoms with Crippen molar-refractivity contribution >= 4 is 35.4 Å². The van der Waals surface area contributed by atoms with Crippen LogP contribution in [0.25, 0.3) is 6.08 Å². The lowest BCUT2D eigenvalue weighted by Gasteiger charge is -2.10. The van der Waals surface area contributed by atoms with E-state index >= 15 is 0 Å². The number of thioether (sulfide) groups is 1. The molecule has 1 saturated heterocycles. The van der Waals surface area contributed by atoms with Gasteiger partial charge in [-0.05, 0) is 35.9 Å². The molecule has 0 aromatic heterocycles. The van der Waals surface area contributed by atoms with Crippen LogP contribution < -0.4 is 5.32 Å². The van der Waals surface area contributed by atoms with Crippen molar-refractivity contribution in [3.63, 3.8) is 0 Å². The van der Waals surface area contributed by atoms with Gasteiger partial charge in [0.2, 0.25) is 5.91 Å². The molecule has 2 N–H and O–H groups in total. The Morgan fingerprint density at radius 1 is 1.42 bits per heavy atom. The molecule has 0 saturated carbocycles. The summed E-state index contributed by atoms with van der Waals surface area (Å²) in [7, 11) is 0. The van der Waals surface area contributed by atoms with E-state index in [1.807, 2.05) is 0 Å². The number of amides is 1. The topological polar surface area (TPSA) is 66.4 Å². The molecule has 1 amide bonds. The van der Waals surface area contributed by atoms with Gasteiger partial charge in [-0.25, -0.2) is 4.79 Å². The van der Waals surface area contributed by atoms with Gasteiger partial charge in [0.05, 0.1) is 0 Å². The zero-order valence-electron chi connectivity index (χ0n) is 10.3. The van der Waals surface area contributed by atoms with Gasteiger partial charge >= 0.3 is 5.97 Å². The van der Waals surface area contributed by atoms with Gasteiger partial charge in [0, 0.05) is 23.4 Å². The molecule has 0 bridgehead atoms. The van der Waals surface area contributed by atoms with Crippen molar-refractivity contribution in [2.75, 3.05) is 16.8 Å². The van der Waals surface area contributed by atoms with E-state index in [2.05, 4.69) is 5.32 Å². The molecule has 1 unspecified atom stereocenters. The first-order chi connectivity index (χ1) is 9.15. The highest BCUT2D eigenvalue weighted by Crippen LogP contribution is 2.24. The van der Waals surface area contributed by atoms with Crippen LogP contribution in [0.1, 0.15) is 12.0 Å². The summed E-state index contributed by atoms with van der Waals surface area (Å²) < 4.78 is 0. The van der Waals surface area contributed by atoms with E-state index in [9.17, 15) is 9.59 Å². The van der Waals surface area contributed by atoms with E-state index in [0.29, 0.717) is 5.69 Å². The molecule has 1 atom stereocenters. The Labute approximate surface area is 115 Å². The molecule has 0 aliphatic carbocycles. The van der Waals surface area contributed by atoms with E-state index < -0.39 is 5.97 Å². The number of benzene rings is 1. The van der Waals surface area contributed by atoms with Crippen molar-refractivity contribution < 1.29 is 14.7 Å². The third kappa shape index (κ3) is 4.13. The van der Waals surface area contributed by atoms with Crippen LogP contribution in [0.4, 0.5) is 5.69 Å². The van der Waals surface area contributed by atoms with Gasteiger partial charge in [-0.2, -0.15) is 11.8 Å². The maximum Gasteiger partial charge on any atom is 0.328 e. The van der Waals surface area contributed by atoms with Crippen molar-refractivity contribution in [1.29, 1.82) is 0 Å². The fourth-order valence-corrected chi connectivity index (χ4v) is 3.09. The number of carbonyl (C=O) groups excluding carboxylic acids is 1. The van der Waals surface area contributed by atoms with Crippen LogP contribution in [0.3, 0.4) is 0 Å². The van der Waals surface area contributed by atoms with Gasteiger partial charge in [-0.3, -0.25) is 4.79 Å². The number of hydrogen-bond acceptors (Lipinski definition) is 3. The Balaban J connectivity index is 2.02. The molecular weight excluding hydrogens is 262 g/mol. The van der Waals surface area contributed by atoms with Gasteiger partial charge in [0.15, 0.2) is 0 Å². The highest BCUT2D eigenvalue weighted by Gasteiger charge is 2.22. The van der Waals surface area contributed by atoms with E-state index in [4.69, 9.17) is 5.11 Å². The summed E-state index contributed by atoms with van der Waals surface area (Å²) in [6, 6.07) is 7.15. The second kappa shape index (κ2) is 6.43. The first-order valence-electron chi connectivity index (χ1n) is 6.05. The van der Waals surface area contributed by atoms with Crippen LogP contribution in [0.2, 0.25) is 0 Å². The second-order valence-corrected chi connectivity index (χ2v) is 5.50. The number of hydrogen-bond donors (Lipinski definition) is 2. The standard InChI is InChI=1S/C14H15NO3S/c16-13(17)5-4-10-2-1-3-12(8-10)15-14(18)11-6-7-19-9-11/h1-5,8,11H,6-7,9H2,(H,15,18)(H,16,17)/b5-4+. The smallest absolute Gasteiger partial charge is 0.328 e. The molecule has 1 aliphatic heterocycles. The fraction of sp³-hybridized carbons (Fsp3) is 0.286. The molecule has 2 rings (SSSR count). The average molecular weight is 277 g/mol. The van der Waals surface area contributed by atoms with Crippen molar-refractivity contribution in [3.05, 3.63) is 35.9 Å². The number of carboxylic acid groups (broad SMARTS) is 1. The molecule has 1 heterocycles. The van der Waals surface area contributed by atoms with E-state index in [1.54, 1.807) is 36.0 Å². The maximum absolute atomic E-state index is 12.0. The third-order valence-electron chi connectivity index (χ3n) is 2.87. The summed E-state index contributed by atoms with van der Waals surface area (Å²) >= 11 is 1.80. The second-order valence-electron chi connectivity index (χ2n) is 4.35. The Bertz CT molecular complexity index is 507.